The molecule has 3 aromatic carbocycles. The van der Waals surface area contributed by atoms with Crippen LogP contribution < -0.4 is 0 Å². The zero-order valence-electron chi connectivity index (χ0n) is 15.7. The number of phenolic OH excluding ortho intramolecular Hbond substituents is 1. The van der Waals surface area contributed by atoms with Crippen LogP contribution in [0.15, 0.2) is 68.6 Å². The van der Waals surface area contributed by atoms with Gasteiger partial charge in [-0.15, -0.1) is 5.11 Å². The maximum atomic E-state index is 13.0. The summed E-state index contributed by atoms with van der Waals surface area (Å²) in [6.45, 7) is 0. The van der Waals surface area contributed by atoms with Crippen molar-refractivity contribution in [2.45, 2.75) is 9.79 Å². The number of azo groups is 1. The van der Waals surface area contributed by atoms with E-state index >= 15 is 0 Å². The van der Waals surface area contributed by atoms with Gasteiger partial charge >= 0.3 is 0 Å². The number of hydrogen-bond acceptors (Lipinski definition) is 7. The molecule has 148 valence electrons. The summed E-state index contributed by atoms with van der Waals surface area (Å²) in [6.07, 6.45) is 0. The molecule has 0 fully saturated rings. The van der Waals surface area contributed by atoms with Crippen molar-refractivity contribution in [3.63, 3.8) is 0 Å². The molecule has 0 aliphatic heterocycles. The molecule has 3 aromatic rings. The molecule has 9 nitrogen and oxygen atoms in total. The van der Waals surface area contributed by atoms with Gasteiger partial charge in [-0.2, -0.15) is 21.9 Å². The molecule has 14 heteroatoms. The minimum atomic E-state index is -4.90. The van der Waals surface area contributed by atoms with Gasteiger partial charge in [0.05, 0.1) is 10.6 Å². The molecule has 3 rings (SSSR count). The Bertz CT molecular complexity index is 1330. The third kappa shape index (κ3) is 6.07. The van der Waals surface area contributed by atoms with Gasteiger partial charge in [-0.3, -0.25) is 9.11 Å². The fourth-order valence-corrected chi connectivity index (χ4v) is 3.54. The Kier molecular flexibility index (Phi) is 9.15. The number of nitrogens with zero attached hydrogens (tertiary/aromatic N) is 2. The molecule has 0 amide bonds. The number of fused-ring (bicyclic) bond motifs is 1. The molecule has 0 aliphatic carbocycles. The van der Waals surface area contributed by atoms with Crippen molar-refractivity contribution in [2.24, 2.45) is 10.2 Å². The zero-order chi connectivity index (χ0) is 20.7. The maximum absolute atomic E-state index is 13.0. The summed E-state index contributed by atoms with van der Waals surface area (Å²) in [6, 6.07) is 8.73. The van der Waals surface area contributed by atoms with Gasteiger partial charge in [0.2, 0.25) is 0 Å². The van der Waals surface area contributed by atoms with E-state index in [0.717, 1.165) is 30.3 Å². The van der Waals surface area contributed by atoms with Crippen molar-refractivity contribution < 1.29 is 35.4 Å². The molecule has 2 radical (unpaired) electrons. The van der Waals surface area contributed by atoms with Crippen LogP contribution in [-0.2, 0) is 20.2 Å². The quantitative estimate of drug-likeness (QED) is 0.300. The molecule has 0 bridgehead atoms. The summed E-state index contributed by atoms with van der Waals surface area (Å²) in [7, 11) is -9.49. The van der Waals surface area contributed by atoms with E-state index < -0.39 is 41.6 Å². The Morgan fingerprint density at radius 1 is 0.800 bits per heavy atom. The average molecular weight is 472 g/mol. The number of phenols is 1. The largest absolute Gasteiger partial charge is 0.504 e. The number of halogens is 1. The second-order valence-electron chi connectivity index (χ2n) is 5.58. The van der Waals surface area contributed by atoms with Crippen molar-refractivity contribution in [1.29, 1.82) is 0 Å². The second-order valence-corrected chi connectivity index (χ2v) is 8.39. The molecule has 0 atom stereocenters. The van der Waals surface area contributed by atoms with E-state index in [4.69, 9.17) is 4.55 Å². The summed E-state index contributed by atoms with van der Waals surface area (Å²) in [5.74, 6) is -1.43. The van der Waals surface area contributed by atoms with Crippen LogP contribution in [0.25, 0.3) is 10.8 Å². The van der Waals surface area contributed by atoms with E-state index in [1.165, 1.54) is 18.2 Å². The Hall–Kier alpha value is -0.930. The first-order valence-electron chi connectivity index (χ1n) is 7.39. The minimum absolute atomic E-state index is 0. The third-order valence-electron chi connectivity index (χ3n) is 3.69. The molecular weight excluding hydrogens is 461 g/mol. The van der Waals surface area contributed by atoms with Crippen LogP contribution in [0.3, 0.4) is 0 Å². The van der Waals surface area contributed by atoms with Crippen LogP contribution in [0.2, 0.25) is 0 Å². The Balaban J connectivity index is 0.00000225. The van der Waals surface area contributed by atoms with E-state index in [-0.39, 0.29) is 81.3 Å². The second kappa shape index (κ2) is 10.1. The standard InChI is InChI=1S/C16H11FN2O7S2.2Na/c17-10-1-3-11(4-2-10)18-19-15-13-6-5-12(27(21,22)23)7-9(13)8-14(16(15)20)28(24,25)26;;/h1-8,20H,(H,21,22,23)(H,24,25,26);;. The van der Waals surface area contributed by atoms with Gasteiger partial charge in [-0.25, -0.2) is 4.39 Å². The number of benzene rings is 3. The van der Waals surface area contributed by atoms with Gasteiger partial charge in [0.1, 0.15) is 16.4 Å². The first-order valence-corrected chi connectivity index (χ1v) is 10.3. The molecule has 3 N–H and O–H groups in total. The molecule has 30 heavy (non-hydrogen) atoms. The van der Waals surface area contributed by atoms with E-state index in [1.54, 1.807) is 0 Å². The molecule has 0 aromatic heterocycles. The summed E-state index contributed by atoms with van der Waals surface area (Å²) in [5.41, 5.74) is -0.197. The first kappa shape index (κ1) is 27.1. The number of aromatic hydroxyl groups is 1. The van der Waals surface area contributed by atoms with E-state index in [9.17, 15) is 30.9 Å². The number of rotatable bonds is 4. The van der Waals surface area contributed by atoms with Gasteiger partial charge in [-0.1, -0.05) is 6.07 Å². The van der Waals surface area contributed by atoms with Crippen LogP contribution in [0, 0.1) is 5.82 Å². The molecule has 0 saturated carbocycles. The predicted octanol–water partition coefficient (Wildman–Crippen LogP) is 2.83. The van der Waals surface area contributed by atoms with E-state index in [0.29, 0.717) is 0 Å². The van der Waals surface area contributed by atoms with Crippen LogP contribution in [0.4, 0.5) is 15.8 Å². The third-order valence-corrected chi connectivity index (χ3v) is 5.41. The molecule has 0 heterocycles. The molecular formula is C16H11FN2Na2O7S2. The van der Waals surface area contributed by atoms with Crippen molar-refractivity contribution in [3.8, 4) is 5.75 Å². The average Bonchev–Trinajstić information content (AvgIpc) is 2.60. The summed E-state index contributed by atoms with van der Waals surface area (Å²) in [4.78, 5) is -1.46. The van der Waals surface area contributed by atoms with Crippen molar-refractivity contribution in [1.82, 2.24) is 0 Å². The topological polar surface area (TPSA) is 154 Å². The molecule has 0 unspecified atom stereocenters. The SMILES string of the molecule is O=S(=O)(O)c1ccc2c(N=Nc3ccc(F)cc3)c(O)c(S(=O)(=O)O)cc2c1.[Na].[Na]. The number of hydrogen-bond donors (Lipinski definition) is 3. The van der Waals surface area contributed by atoms with Crippen LogP contribution in [0.5, 0.6) is 5.75 Å². The van der Waals surface area contributed by atoms with Gasteiger partial charge in [0.25, 0.3) is 20.2 Å². The Morgan fingerprint density at radius 2 is 1.40 bits per heavy atom. The fourth-order valence-electron chi connectivity index (χ4n) is 2.40. The minimum Gasteiger partial charge on any atom is -0.504 e. The zero-order valence-corrected chi connectivity index (χ0v) is 21.3. The van der Waals surface area contributed by atoms with Crippen LogP contribution in [-0.4, -0.2) is 90.2 Å². The maximum Gasteiger partial charge on any atom is 0.298 e. The first-order chi connectivity index (χ1) is 13.0. The molecule has 0 saturated heterocycles. The van der Waals surface area contributed by atoms with Crippen molar-refractivity contribution in [3.05, 3.63) is 54.3 Å². The van der Waals surface area contributed by atoms with Gasteiger partial charge < -0.3 is 5.11 Å². The van der Waals surface area contributed by atoms with Gasteiger partial charge in [-0.05, 0) is 47.9 Å². The summed E-state index contributed by atoms with van der Waals surface area (Å²) < 4.78 is 77.2. The fraction of sp³-hybridized carbons (Fsp3) is 0. The van der Waals surface area contributed by atoms with Gasteiger partial charge in [0.15, 0.2) is 5.75 Å². The van der Waals surface area contributed by atoms with E-state index in [2.05, 4.69) is 10.2 Å². The smallest absolute Gasteiger partial charge is 0.298 e. The molecule has 0 spiro atoms. The monoisotopic (exact) mass is 472 g/mol. The van der Waals surface area contributed by atoms with Crippen LogP contribution >= 0.6 is 0 Å². The van der Waals surface area contributed by atoms with Crippen molar-refractivity contribution in [2.75, 3.05) is 0 Å². The van der Waals surface area contributed by atoms with Crippen LogP contribution in [0.1, 0.15) is 0 Å². The molecule has 0 aliphatic rings. The van der Waals surface area contributed by atoms with E-state index in [1.807, 2.05) is 0 Å². The normalized spacial score (nSPS) is 11.8. The Labute approximate surface area is 215 Å². The van der Waals surface area contributed by atoms with Gasteiger partial charge in [0, 0.05) is 64.5 Å². The predicted molar refractivity (Wildman–Crippen MR) is 107 cm³/mol. The van der Waals surface area contributed by atoms with Crippen molar-refractivity contribution >= 4 is 101 Å². The summed E-state index contributed by atoms with van der Waals surface area (Å²) >= 11 is 0. The summed E-state index contributed by atoms with van der Waals surface area (Å²) in [5, 5.41) is 17.8. The Morgan fingerprint density at radius 3 is 1.93 bits per heavy atom.